The molecule has 0 aliphatic heterocycles. The third-order valence-corrected chi connectivity index (χ3v) is 4.67. The zero-order valence-corrected chi connectivity index (χ0v) is 14.3. The lowest BCUT2D eigenvalue weighted by atomic mass is 9.88. The maximum atomic E-state index is 13.6. The van der Waals surface area contributed by atoms with E-state index in [1.807, 2.05) is 0 Å². The zero-order valence-electron chi connectivity index (χ0n) is 14.3. The molecule has 0 amide bonds. The van der Waals surface area contributed by atoms with Crippen LogP contribution in [0.4, 0.5) is 22.0 Å². The summed E-state index contributed by atoms with van der Waals surface area (Å²) in [4.78, 5) is 16.1. The van der Waals surface area contributed by atoms with Gasteiger partial charge in [-0.15, -0.1) is 0 Å². The molecule has 1 unspecified atom stereocenters. The molecule has 3 nitrogen and oxygen atoms in total. The van der Waals surface area contributed by atoms with E-state index in [9.17, 15) is 26.7 Å². The molecule has 0 bridgehead atoms. The first-order valence-corrected chi connectivity index (χ1v) is 8.02. The molecule has 0 aromatic carbocycles. The molecule has 8 heteroatoms. The number of rotatable bonds is 2. The second-order valence-corrected chi connectivity index (χ2v) is 6.43. The van der Waals surface area contributed by atoms with Crippen LogP contribution in [0.2, 0.25) is 0 Å². The van der Waals surface area contributed by atoms with Gasteiger partial charge in [0, 0.05) is 18.8 Å². The largest absolute Gasteiger partial charge is 0.465 e. The summed E-state index contributed by atoms with van der Waals surface area (Å²) in [5.74, 6) is -4.22. The molecule has 1 atom stereocenters. The Morgan fingerprint density at radius 1 is 1.20 bits per heavy atom. The van der Waals surface area contributed by atoms with Crippen LogP contribution in [0.15, 0.2) is 0 Å². The van der Waals surface area contributed by atoms with Crippen LogP contribution in [0, 0.1) is 13.8 Å². The minimum absolute atomic E-state index is 0.0637. The molecule has 1 aliphatic carbocycles. The monoisotopic (exact) mass is 365 g/mol. The SMILES string of the molecule is COC(=O)c1c(C2CCCC(F)(F)CC2)nc(C)c(C(F)(F)F)c1C. The van der Waals surface area contributed by atoms with E-state index < -0.39 is 29.5 Å². The summed E-state index contributed by atoms with van der Waals surface area (Å²) >= 11 is 0. The van der Waals surface area contributed by atoms with Crippen LogP contribution in [0.25, 0.3) is 0 Å². The fourth-order valence-corrected chi connectivity index (χ4v) is 3.49. The number of carbonyl (C=O) groups excluding carboxylic acids is 1. The quantitative estimate of drug-likeness (QED) is 0.411. The highest BCUT2D eigenvalue weighted by Gasteiger charge is 2.40. The Morgan fingerprint density at radius 3 is 2.40 bits per heavy atom. The van der Waals surface area contributed by atoms with Gasteiger partial charge in [-0.3, -0.25) is 4.98 Å². The minimum atomic E-state index is -4.67. The number of carbonyl (C=O) groups is 1. The summed E-state index contributed by atoms with van der Waals surface area (Å²) in [6, 6.07) is 0. The number of nitrogens with zero attached hydrogens (tertiary/aromatic N) is 1. The Hall–Kier alpha value is -1.73. The van der Waals surface area contributed by atoms with Gasteiger partial charge in [0.15, 0.2) is 0 Å². The van der Waals surface area contributed by atoms with E-state index in [-0.39, 0.29) is 48.2 Å². The average molecular weight is 365 g/mol. The van der Waals surface area contributed by atoms with Gasteiger partial charge in [0.2, 0.25) is 5.92 Å². The number of methoxy groups -OCH3 is 1. The van der Waals surface area contributed by atoms with E-state index in [0.717, 1.165) is 7.11 Å². The number of alkyl halides is 5. The Kier molecular flexibility index (Phi) is 5.39. The van der Waals surface area contributed by atoms with Crippen molar-refractivity contribution < 1.29 is 31.5 Å². The second-order valence-electron chi connectivity index (χ2n) is 6.43. The Bertz CT molecular complexity index is 670. The maximum Gasteiger partial charge on any atom is 0.418 e. The molecule has 25 heavy (non-hydrogen) atoms. The van der Waals surface area contributed by atoms with Crippen LogP contribution in [-0.4, -0.2) is 24.0 Å². The van der Waals surface area contributed by atoms with Gasteiger partial charge in [-0.25, -0.2) is 13.6 Å². The minimum Gasteiger partial charge on any atom is -0.465 e. The number of pyridine rings is 1. The molecule has 0 radical (unpaired) electrons. The van der Waals surface area contributed by atoms with Crippen molar-refractivity contribution in [2.45, 2.75) is 64.0 Å². The molecule has 1 heterocycles. The zero-order chi connectivity index (χ0) is 19.0. The van der Waals surface area contributed by atoms with Crippen molar-refractivity contribution in [2.75, 3.05) is 7.11 Å². The molecule has 1 aromatic heterocycles. The summed E-state index contributed by atoms with van der Waals surface area (Å²) in [7, 11) is 1.07. The molecule has 1 aromatic rings. The standard InChI is InChI=1S/C17H20F5NO2/c1-9-12(15(24)25-3)14(23-10(2)13(9)17(20,21)22)11-5-4-7-16(18,19)8-6-11/h11H,4-8H2,1-3H3. The molecular weight excluding hydrogens is 345 g/mol. The predicted molar refractivity (Wildman–Crippen MR) is 80.8 cm³/mol. The van der Waals surface area contributed by atoms with Gasteiger partial charge in [-0.1, -0.05) is 0 Å². The molecule has 0 N–H and O–H groups in total. The Morgan fingerprint density at radius 2 is 1.84 bits per heavy atom. The van der Waals surface area contributed by atoms with Gasteiger partial charge in [-0.2, -0.15) is 13.2 Å². The summed E-state index contributed by atoms with van der Waals surface area (Å²) in [6.07, 6.45) is -4.68. The van der Waals surface area contributed by atoms with Crippen molar-refractivity contribution >= 4 is 5.97 Å². The molecule has 2 rings (SSSR count). The number of hydrogen-bond donors (Lipinski definition) is 0. The van der Waals surface area contributed by atoms with Gasteiger partial charge >= 0.3 is 12.1 Å². The van der Waals surface area contributed by atoms with E-state index in [1.54, 1.807) is 0 Å². The van der Waals surface area contributed by atoms with E-state index in [1.165, 1.54) is 13.8 Å². The van der Waals surface area contributed by atoms with Crippen LogP contribution in [0.3, 0.4) is 0 Å². The van der Waals surface area contributed by atoms with Crippen LogP contribution in [0.1, 0.15) is 70.9 Å². The molecule has 140 valence electrons. The average Bonchev–Trinajstić information content (AvgIpc) is 2.65. The Balaban J connectivity index is 2.59. The van der Waals surface area contributed by atoms with Gasteiger partial charge in [-0.05, 0) is 38.7 Å². The van der Waals surface area contributed by atoms with Crippen molar-refractivity contribution in [1.29, 1.82) is 0 Å². The maximum absolute atomic E-state index is 13.6. The van der Waals surface area contributed by atoms with Crippen LogP contribution < -0.4 is 0 Å². The number of esters is 1. The summed E-state index contributed by atoms with van der Waals surface area (Å²) < 4.78 is 71.7. The molecule has 1 aliphatic rings. The highest BCUT2D eigenvalue weighted by Crippen LogP contribution is 2.42. The first kappa shape index (κ1) is 19.6. The van der Waals surface area contributed by atoms with Gasteiger partial charge in [0.05, 0.1) is 29.6 Å². The van der Waals surface area contributed by atoms with Crippen LogP contribution in [0.5, 0.6) is 0 Å². The third kappa shape index (κ3) is 4.10. The van der Waals surface area contributed by atoms with Crippen LogP contribution in [-0.2, 0) is 10.9 Å². The highest BCUT2D eigenvalue weighted by molar-refractivity contribution is 5.93. The lowest BCUT2D eigenvalue weighted by Gasteiger charge is -2.22. The molecule has 0 spiro atoms. The first-order valence-electron chi connectivity index (χ1n) is 8.02. The number of ether oxygens (including phenoxy) is 1. The van der Waals surface area contributed by atoms with E-state index in [0.29, 0.717) is 6.42 Å². The van der Waals surface area contributed by atoms with E-state index >= 15 is 0 Å². The van der Waals surface area contributed by atoms with Crippen molar-refractivity contribution in [2.24, 2.45) is 0 Å². The Labute approximate surface area is 142 Å². The lowest BCUT2D eigenvalue weighted by molar-refractivity contribution is -0.138. The van der Waals surface area contributed by atoms with Gasteiger partial charge < -0.3 is 4.74 Å². The smallest absolute Gasteiger partial charge is 0.418 e. The molecule has 0 saturated heterocycles. The molecule has 1 fully saturated rings. The van der Waals surface area contributed by atoms with Crippen molar-refractivity contribution in [3.63, 3.8) is 0 Å². The number of aryl methyl sites for hydroxylation is 1. The fourth-order valence-electron chi connectivity index (χ4n) is 3.49. The number of halogens is 5. The topological polar surface area (TPSA) is 39.2 Å². The normalized spacial score (nSPS) is 20.9. The fraction of sp³-hybridized carbons (Fsp3) is 0.647. The summed E-state index contributed by atoms with van der Waals surface area (Å²) in [6.45, 7) is 2.41. The lowest BCUT2D eigenvalue weighted by Crippen LogP contribution is -2.21. The second kappa shape index (κ2) is 6.88. The van der Waals surface area contributed by atoms with Crippen molar-refractivity contribution in [1.82, 2.24) is 4.98 Å². The van der Waals surface area contributed by atoms with Crippen LogP contribution >= 0.6 is 0 Å². The highest BCUT2D eigenvalue weighted by atomic mass is 19.4. The number of aromatic nitrogens is 1. The van der Waals surface area contributed by atoms with Gasteiger partial charge in [0.25, 0.3) is 0 Å². The van der Waals surface area contributed by atoms with E-state index in [4.69, 9.17) is 0 Å². The van der Waals surface area contributed by atoms with Crippen molar-refractivity contribution in [3.8, 4) is 0 Å². The molecular formula is C17H20F5NO2. The summed E-state index contributed by atoms with van der Waals surface area (Å²) in [5.41, 5.74) is -1.62. The third-order valence-electron chi connectivity index (χ3n) is 4.67. The summed E-state index contributed by atoms with van der Waals surface area (Å²) in [5, 5.41) is 0. The predicted octanol–water partition coefficient (Wildman–Crippen LogP) is 5.19. The molecule has 1 saturated carbocycles. The van der Waals surface area contributed by atoms with Gasteiger partial charge in [0.1, 0.15) is 0 Å². The first-order chi connectivity index (χ1) is 11.5. The number of hydrogen-bond acceptors (Lipinski definition) is 3. The van der Waals surface area contributed by atoms with E-state index in [2.05, 4.69) is 9.72 Å². The van der Waals surface area contributed by atoms with Crippen molar-refractivity contribution in [3.05, 3.63) is 28.1 Å².